The maximum Gasteiger partial charge on any atom is 0.127 e. The lowest BCUT2D eigenvalue weighted by atomic mass is 9.96. The molecule has 1 aromatic rings. The monoisotopic (exact) mass is 379 g/mol. The lowest BCUT2D eigenvalue weighted by molar-refractivity contribution is 0.120. The molecule has 1 aromatic carbocycles. The molecule has 27 heavy (non-hydrogen) atoms. The zero-order valence-corrected chi connectivity index (χ0v) is 17.3. The Kier molecular flexibility index (Phi) is 11.8. The van der Waals surface area contributed by atoms with Gasteiger partial charge in [0.2, 0.25) is 0 Å². The second-order valence-electron chi connectivity index (χ2n) is 7.62. The summed E-state index contributed by atoms with van der Waals surface area (Å²) in [5.74, 6) is 0.491. The Hall–Kier alpha value is -1.55. The fourth-order valence-electron chi connectivity index (χ4n) is 3.01. The Morgan fingerprint density at radius 1 is 1.15 bits per heavy atom. The molecule has 2 N–H and O–H groups in total. The minimum absolute atomic E-state index is 0.167. The van der Waals surface area contributed by atoms with Crippen molar-refractivity contribution in [3.05, 3.63) is 42.4 Å². The molecule has 0 spiro atoms. The highest BCUT2D eigenvalue weighted by atomic mass is 19.1. The zero-order valence-electron chi connectivity index (χ0n) is 17.3. The van der Waals surface area contributed by atoms with E-state index in [9.17, 15) is 4.39 Å². The first-order valence-electron chi connectivity index (χ1n) is 10.5. The summed E-state index contributed by atoms with van der Waals surface area (Å²) >= 11 is 0. The number of rotatable bonds is 5. The lowest BCUT2D eigenvalue weighted by Crippen LogP contribution is -2.25. The molecule has 0 aromatic heterocycles. The molecule has 0 aliphatic heterocycles. The molecule has 0 heterocycles. The van der Waals surface area contributed by atoms with E-state index < -0.39 is 0 Å². The van der Waals surface area contributed by atoms with Gasteiger partial charge in [-0.05, 0) is 76.3 Å². The molecule has 2 fully saturated rings. The van der Waals surface area contributed by atoms with Crippen LogP contribution >= 0.6 is 0 Å². The summed E-state index contributed by atoms with van der Waals surface area (Å²) in [5, 5.41) is 11.3. The van der Waals surface area contributed by atoms with Crippen LogP contribution in [0.4, 0.5) is 4.39 Å². The highest BCUT2D eigenvalue weighted by Gasteiger charge is 2.19. The molecule has 3 rings (SSSR count). The van der Waals surface area contributed by atoms with Crippen LogP contribution < -0.4 is 10.1 Å². The van der Waals surface area contributed by atoms with Crippen molar-refractivity contribution in [3.8, 4) is 5.75 Å². The maximum atomic E-state index is 13.1. The minimum atomic E-state index is -0.196. The Bertz CT molecular complexity index is 520. The fourth-order valence-corrected chi connectivity index (χ4v) is 3.01. The summed E-state index contributed by atoms with van der Waals surface area (Å²) in [7, 11) is 0. The molecule has 2 aliphatic rings. The summed E-state index contributed by atoms with van der Waals surface area (Å²) < 4.78 is 18.7. The summed E-state index contributed by atoms with van der Waals surface area (Å²) in [6.07, 6.45) is 13.2. The van der Waals surface area contributed by atoms with Crippen molar-refractivity contribution < 1.29 is 14.2 Å². The number of aliphatic hydroxyl groups excluding tert-OH is 1. The van der Waals surface area contributed by atoms with Gasteiger partial charge in [-0.1, -0.05) is 32.8 Å². The Morgan fingerprint density at radius 3 is 2.26 bits per heavy atom. The van der Waals surface area contributed by atoms with Crippen LogP contribution in [0.1, 0.15) is 77.7 Å². The Labute approximate surface area is 165 Å². The maximum absolute atomic E-state index is 13.1. The zero-order chi connectivity index (χ0) is 20.1. The van der Waals surface area contributed by atoms with Crippen molar-refractivity contribution in [2.45, 2.75) is 96.8 Å². The number of aliphatic hydroxyl groups is 1. The lowest BCUT2D eigenvalue weighted by Gasteiger charge is -2.26. The average molecular weight is 380 g/mol. The van der Waals surface area contributed by atoms with Crippen LogP contribution in [0.5, 0.6) is 5.75 Å². The van der Waals surface area contributed by atoms with E-state index in [0.29, 0.717) is 11.9 Å². The highest BCUT2D eigenvalue weighted by molar-refractivity contribution is 5.29. The number of ether oxygens (including phenoxy) is 1. The van der Waals surface area contributed by atoms with Gasteiger partial charge in [-0.25, -0.2) is 4.39 Å². The standard InChI is InChI=1S/C12H15FO.C8H15N.C3H8O/c1-2-9-6-10(13)8-12(7-9)14-11-4-3-5-11;1-2-9-8-6-4-3-5-7-8;1-3(2)4/h6-8,11H,2-5H2,1H3;2,8-9H,1,3-7H2;3-4H,1-2H3. The van der Waals surface area contributed by atoms with Gasteiger partial charge in [0.05, 0.1) is 6.10 Å². The average Bonchev–Trinajstić information content (AvgIpc) is 2.59. The van der Waals surface area contributed by atoms with E-state index in [1.165, 1.54) is 44.6 Å². The molecule has 0 amide bonds. The van der Waals surface area contributed by atoms with Gasteiger partial charge in [-0.3, -0.25) is 0 Å². The molecule has 0 unspecified atom stereocenters. The van der Waals surface area contributed by atoms with Crippen LogP contribution in [-0.4, -0.2) is 23.4 Å². The SMILES string of the molecule is C=CNC1CCCCC1.CC(C)O.CCc1cc(F)cc(OC2CCC2)c1. The third-order valence-corrected chi connectivity index (χ3v) is 4.65. The molecule has 0 radical (unpaired) electrons. The second-order valence-corrected chi connectivity index (χ2v) is 7.62. The third-order valence-electron chi connectivity index (χ3n) is 4.65. The summed E-state index contributed by atoms with van der Waals surface area (Å²) in [6.45, 7) is 9.10. The van der Waals surface area contributed by atoms with E-state index in [-0.39, 0.29) is 11.9 Å². The summed E-state index contributed by atoms with van der Waals surface area (Å²) in [5.41, 5.74) is 0.999. The fraction of sp³-hybridized carbons (Fsp3) is 0.652. The molecule has 0 bridgehead atoms. The molecule has 0 atom stereocenters. The number of halogens is 1. The van der Waals surface area contributed by atoms with Crippen LogP contribution in [0, 0.1) is 5.82 Å². The van der Waals surface area contributed by atoms with Crippen LogP contribution in [-0.2, 0) is 6.42 Å². The quantitative estimate of drug-likeness (QED) is 0.683. The van der Waals surface area contributed by atoms with Crippen LogP contribution in [0.15, 0.2) is 31.0 Å². The van der Waals surface area contributed by atoms with Gasteiger partial charge < -0.3 is 15.2 Å². The van der Waals surface area contributed by atoms with Crippen LogP contribution in [0.2, 0.25) is 0 Å². The smallest absolute Gasteiger partial charge is 0.127 e. The molecule has 0 saturated heterocycles. The van der Waals surface area contributed by atoms with Crippen molar-refractivity contribution in [2.75, 3.05) is 0 Å². The first kappa shape index (κ1) is 23.5. The van der Waals surface area contributed by atoms with Crippen molar-refractivity contribution in [1.29, 1.82) is 0 Å². The minimum Gasteiger partial charge on any atom is -0.490 e. The van der Waals surface area contributed by atoms with Crippen LogP contribution in [0.25, 0.3) is 0 Å². The van der Waals surface area contributed by atoms with Crippen molar-refractivity contribution in [1.82, 2.24) is 5.32 Å². The van der Waals surface area contributed by atoms with Crippen LogP contribution in [0.3, 0.4) is 0 Å². The number of hydrogen-bond acceptors (Lipinski definition) is 3. The van der Waals surface area contributed by atoms with Crippen molar-refractivity contribution >= 4 is 0 Å². The van der Waals surface area contributed by atoms with Gasteiger partial charge in [0.1, 0.15) is 11.6 Å². The summed E-state index contributed by atoms with van der Waals surface area (Å²) in [4.78, 5) is 0. The largest absolute Gasteiger partial charge is 0.490 e. The van der Waals surface area contributed by atoms with E-state index in [1.54, 1.807) is 19.9 Å². The van der Waals surface area contributed by atoms with Gasteiger partial charge in [0, 0.05) is 18.2 Å². The van der Waals surface area contributed by atoms with E-state index in [2.05, 4.69) is 11.9 Å². The van der Waals surface area contributed by atoms with E-state index in [0.717, 1.165) is 30.9 Å². The van der Waals surface area contributed by atoms with E-state index >= 15 is 0 Å². The first-order valence-corrected chi connectivity index (χ1v) is 10.5. The van der Waals surface area contributed by atoms with E-state index in [1.807, 2.05) is 19.2 Å². The van der Waals surface area contributed by atoms with Gasteiger partial charge in [-0.2, -0.15) is 0 Å². The van der Waals surface area contributed by atoms with Gasteiger partial charge in [-0.15, -0.1) is 0 Å². The molecule has 154 valence electrons. The second kappa shape index (κ2) is 13.6. The number of nitrogens with one attached hydrogen (secondary N) is 1. The molecule has 4 heteroatoms. The number of hydrogen-bond donors (Lipinski definition) is 2. The molecule has 2 saturated carbocycles. The normalized spacial score (nSPS) is 17.0. The Morgan fingerprint density at radius 2 is 1.78 bits per heavy atom. The molecule has 3 nitrogen and oxygen atoms in total. The topological polar surface area (TPSA) is 41.5 Å². The van der Waals surface area contributed by atoms with E-state index in [4.69, 9.17) is 9.84 Å². The van der Waals surface area contributed by atoms with Gasteiger partial charge in [0.25, 0.3) is 0 Å². The van der Waals surface area contributed by atoms with Gasteiger partial charge >= 0.3 is 0 Å². The predicted molar refractivity (Wildman–Crippen MR) is 112 cm³/mol. The van der Waals surface area contributed by atoms with Crippen molar-refractivity contribution in [3.63, 3.8) is 0 Å². The molecular weight excluding hydrogens is 341 g/mol. The van der Waals surface area contributed by atoms with Crippen molar-refractivity contribution in [2.24, 2.45) is 0 Å². The molecule has 2 aliphatic carbocycles. The Balaban J connectivity index is 0.000000241. The number of aryl methyl sites for hydroxylation is 1. The highest BCUT2D eigenvalue weighted by Crippen LogP contribution is 2.26. The summed E-state index contributed by atoms with van der Waals surface area (Å²) in [6, 6.07) is 5.70. The molecular formula is C23H38FNO2. The third kappa shape index (κ3) is 11.0. The first-order chi connectivity index (χ1) is 12.9. The number of benzene rings is 1. The van der Waals surface area contributed by atoms with Gasteiger partial charge in [0.15, 0.2) is 0 Å². The predicted octanol–water partition coefficient (Wildman–Crippen LogP) is 5.76.